The maximum absolute atomic E-state index is 8.94. The highest BCUT2D eigenvalue weighted by molar-refractivity contribution is 5.88. The quantitative estimate of drug-likeness (QED) is 0.820. The number of hydrogen-bond donors (Lipinski definition) is 2. The van der Waals surface area contributed by atoms with Gasteiger partial charge < -0.3 is 10.2 Å². The van der Waals surface area contributed by atoms with Crippen molar-refractivity contribution in [1.29, 1.82) is 0 Å². The van der Waals surface area contributed by atoms with Crippen molar-refractivity contribution in [3.05, 3.63) is 47.5 Å². The van der Waals surface area contributed by atoms with Crippen molar-refractivity contribution in [2.45, 2.75) is 25.7 Å². The molecule has 2 rings (SSSR count). The Morgan fingerprint density at radius 1 is 0.667 bits per heavy atom. The summed E-state index contributed by atoms with van der Waals surface area (Å²) in [5.41, 5.74) is 2.60. The van der Waals surface area contributed by atoms with Crippen LogP contribution in [0.5, 0.6) is 0 Å². The summed E-state index contributed by atoms with van der Waals surface area (Å²) < 4.78 is 0. The fourth-order valence-corrected chi connectivity index (χ4v) is 2.40. The van der Waals surface area contributed by atoms with Crippen LogP contribution in [-0.4, -0.2) is 23.4 Å². The van der Waals surface area contributed by atoms with Gasteiger partial charge in [0, 0.05) is 13.2 Å². The van der Waals surface area contributed by atoms with E-state index in [4.69, 9.17) is 10.2 Å². The molecule has 2 N–H and O–H groups in total. The van der Waals surface area contributed by atoms with E-state index in [1.165, 1.54) is 21.9 Å². The number of fused-ring (bicyclic) bond motifs is 1. The Kier molecular flexibility index (Phi) is 4.73. The highest BCUT2D eigenvalue weighted by atomic mass is 16.3. The molecule has 96 valence electrons. The average molecular weight is 244 g/mol. The molecular weight excluding hydrogens is 224 g/mol. The second-order valence-electron chi connectivity index (χ2n) is 4.58. The molecule has 0 amide bonds. The molecule has 0 aliphatic carbocycles. The lowest BCUT2D eigenvalue weighted by Crippen LogP contribution is -1.95. The van der Waals surface area contributed by atoms with Crippen LogP contribution in [0.4, 0.5) is 0 Å². The van der Waals surface area contributed by atoms with Gasteiger partial charge in [0.05, 0.1) is 0 Å². The summed E-state index contributed by atoms with van der Waals surface area (Å²) in [5.74, 6) is 0. The van der Waals surface area contributed by atoms with Gasteiger partial charge >= 0.3 is 0 Å². The Morgan fingerprint density at radius 2 is 1.11 bits per heavy atom. The lowest BCUT2D eigenvalue weighted by Gasteiger charge is -2.10. The summed E-state index contributed by atoms with van der Waals surface area (Å²) in [5, 5.41) is 20.4. The van der Waals surface area contributed by atoms with E-state index in [1.807, 2.05) is 0 Å². The minimum absolute atomic E-state index is 0.237. The van der Waals surface area contributed by atoms with Crippen molar-refractivity contribution in [3.8, 4) is 0 Å². The van der Waals surface area contributed by atoms with Crippen molar-refractivity contribution in [2.75, 3.05) is 13.2 Å². The summed E-state index contributed by atoms with van der Waals surface area (Å²) in [7, 11) is 0. The highest BCUT2D eigenvalue weighted by Gasteiger charge is 2.05. The molecule has 0 atom stereocenters. The van der Waals surface area contributed by atoms with Gasteiger partial charge in [-0.15, -0.1) is 0 Å². The molecule has 2 nitrogen and oxygen atoms in total. The lowest BCUT2D eigenvalue weighted by atomic mass is 9.95. The molecule has 0 spiro atoms. The van der Waals surface area contributed by atoms with E-state index >= 15 is 0 Å². The molecule has 0 heterocycles. The van der Waals surface area contributed by atoms with E-state index in [2.05, 4.69) is 36.4 Å². The standard InChI is InChI=1S/C16H20O2/c17-11-3-5-13-9-10-14(6-4-12-18)16-8-2-1-7-15(13)16/h1-2,7-10,17-18H,3-6,11-12H2. The Bertz CT molecular complexity index is 459. The first-order chi connectivity index (χ1) is 8.86. The second kappa shape index (κ2) is 6.53. The van der Waals surface area contributed by atoms with Gasteiger partial charge in [-0.3, -0.25) is 0 Å². The minimum atomic E-state index is 0.237. The predicted molar refractivity (Wildman–Crippen MR) is 74.8 cm³/mol. The molecule has 0 fully saturated rings. The lowest BCUT2D eigenvalue weighted by molar-refractivity contribution is 0.288. The van der Waals surface area contributed by atoms with Crippen molar-refractivity contribution in [2.24, 2.45) is 0 Å². The monoisotopic (exact) mass is 244 g/mol. The largest absolute Gasteiger partial charge is 0.396 e. The smallest absolute Gasteiger partial charge is 0.0434 e. The van der Waals surface area contributed by atoms with Crippen molar-refractivity contribution < 1.29 is 10.2 Å². The maximum atomic E-state index is 8.94. The molecule has 0 unspecified atom stereocenters. The van der Waals surface area contributed by atoms with Gasteiger partial charge in [0.1, 0.15) is 0 Å². The Morgan fingerprint density at radius 3 is 1.50 bits per heavy atom. The zero-order valence-corrected chi connectivity index (χ0v) is 10.6. The van der Waals surface area contributed by atoms with Gasteiger partial charge in [-0.05, 0) is 47.6 Å². The normalized spacial score (nSPS) is 11.0. The summed E-state index contributed by atoms with van der Waals surface area (Å²) in [6.45, 7) is 0.473. The summed E-state index contributed by atoms with van der Waals surface area (Å²) in [6, 6.07) is 12.7. The van der Waals surface area contributed by atoms with Gasteiger partial charge in [-0.25, -0.2) is 0 Å². The van der Waals surface area contributed by atoms with Gasteiger partial charge in [0.2, 0.25) is 0 Å². The fraction of sp³-hybridized carbons (Fsp3) is 0.375. The summed E-state index contributed by atoms with van der Waals surface area (Å²) in [4.78, 5) is 0. The molecule has 2 heteroatoms. The van der Waals surface area contributed by atoms with Gasteiger partial charge in [-0.1, -0.05) is 36.4 Å². The molecule has 0 aliphatic heterocycles. The van der Waals surface area contributed by atoms with Crippen LogP contribution in [0.25, 0.3) is 10.8 Å². The third-order valence-electron chi connectivity index (χ3n) is 3.31. The van der Waals surface area contributed by atoms with Gasteiger partial charge in [0.25, 0.3) is 0 Å². The fourth-order valence-electron chi connectivity index (χ4n) is 2.40. The Hall–Kier alpha value is -1.38. The van der Waals surface area contributed by atoms with Crippen LogP contribution in [0.15, 0.2) is 36.4 Å². The topological polar surface area (TPSA) is 40.5 Å². The number of aryl methyl sites for hydroxylation is 2. The number of benzene rings is 2. The van der Waals surface area contributed by atoms with Gasteiger partial charge in [0.15, 0.2) is 0 Å². The zero-order valence-electron chi connectivity index (χ0n) is 10.6. The molecule has 0 radical (unpaired) electrons. The third-order valence-corrected chi connectivity index (χ3v) is 3.31. The molecule has 0 aliphatic rings. The van der Waals surface area contributed by atoms with Crippen LogP contribution < -0.4 is 0 Å². The Labute approximate surface area is 108 Å². The molecule has 2 aromatic rings. The zero-order chi connectivity index (χ0) is 12.8. The van der Waals surface area contributed by atoms with Crippen LogP contribution in [0.2, 0.25) is 0 Å². The molecule has 0 bridgehead atoms. The Balaban J connectivity index is 2.38. The van der Waals surface area contributed by atoms with Crippen molar-refractivity contribution >= 4 is 10.8 Å². The number of rotatable bonds is 6. The van der Waals surface area contributed by atoms with Crippen LogP contribution in [0.3, 0.4) is 0 Å². The van der Waals surface area contributed by atoms with Crippen LogP contribution in [0, 0.1) is 0 Å². The van der Waals surface area contributed by atoms with E-state index in [1.54, 1.807) is 0 Å². The van der Waals surface area contributed by atoms with Crippen molar-refractivity contribution in [1.82, 2.24) is 0 Å². The third kappa shape index (κ3) is 2.89. The summed E-state index contributed by atoms with van der Waals surface area (Å²) in [6.07, 6.45) is 3.44. The van der Waals surface area contributed by atoms with Crippen LogP contribution >= 0.6 is 0 Å². The highest BCUT2D eigenvalue weighted by Crippen LogP contribution is 2.24. The minimum Gasteiger partial charge on any atom is -0.396 e. The first-order valence-electron chi connectivity index (χ1n) is 6.58. The van der Waals surface area contributed by atoms with Crippen LogP contribution in [0.1, 0.15) is 24.0 Å². The summed E-state index contributed by atoms with van der Waals surface area (Å²) >= 11 is 0. The molecule has 0 aromatic heterocycles. The number of aliphatic hydroxyl groups excluding tert-OH is 2. The van der Waals surface area contributed by atoms with E-state index in [-0.39, 0.29) is 13.2 Å². The van der Waals surface area contributed by atoms with E-state index < -0.39 is 0 Å². The first kappa shape index (κ1) is 13.1. The molecule has 18 heavy (non-hydrogen) atoms. The molecule has 0 saturated heterocycles. The van der Waals surface area contributed by atoms with E-state index in [9.17, 15) is 0 Å². The molecular formula is C16H20O2. The first-order valence-corrected chi connectivity index (χ1v) is 6.58. The van der Waals surface area contributed by atoms with Gasteiger partial charge in [-0.2, -0.15) is 0 Å². The SMILES string of the molecule is OCCCc1ccc(CCCO)c2ccccc12. The van der Waals surface area contributed by atoms with Crippen LogP contribution in [-0.2, 0) is 12.8 Å². The average Bonchev–Trinajstić information content (AvgIpc) is 2.43. The van der Waals surface area contributed by atoms with E-state index in [0.717, 1.165) is 25.7 Å². The number of hydrogen-bond acceptors (Lipinski definition) is 2. The molecule has 0 saturated carbocycles. The van der Waals surface area contributed by atoms with Crippen molar-refractivity contribution in [3.63, 3.8) is 0 Å². The number of aliphatic hydroxyl groups is 2. The second-order valence-corrected chi connectivity index (χ2v) is 4.58. The predicted octanol–water partition coefficient (Wildman–Crippen LogP) is 2.69. The van der Waals surface area contributed by atoms with E-state index in [0.29, 0.717) is 0 Å². The molecule has 2 aromatic carbocycles. The maximum Gasteiger partial charge on any atom is 0.0434 e.